The van der Waals surface area contributed by atoms with Gasteiger partial charge in [0.2, 0.25) is 15.9 Å². The van der Waals surface area contributed by atoms with Crippen molar-refractivity contribution >= 4 is 27.6 Å². The van der Waals surface area contributed by atoms with E-state index in [-0.39, 0.29) is 16.8 Å². The van der Waals surface area contributed by atoms with Crippen LogP contribution in [0.4, 0.5) is 5.69 Å². The second kappa shape index (κ2) is 8.45. The number of amides is 1. The van der Waals surface area contributed by atoms with E-state index in [4.69, 9.17) is 4.74 Å². The highest BCUT2D eigenvalue weighted by atomic mass is 32.2. The zero-order valence-corrected chi connectivity index (χ0v) is 17.8. The maximum absolute atomic E-state index is 13.0. The lowest BCUT2D eigenvalue weighted by atomic mass is 10.0. The average molecular weight is 432 g/mol. The highest BCUT2D eigenvalue weighted by Crippen LogP contribution is 2.34. The Bertz CT molecular complexity index is 1080. The molecule has 30 heavy (non-hydrogen) atoms. The van der Waals surface area contributed by atoms with Crippen LogP contribution < -0.4 is 14.4 Å². The first kappa shape index (κ1) is 21.8. The van der Waals surface area contributed by atoms with E-state index in [0.29, 0.717) is 23.4 Å². The summed E-state index contributed by atoms with van der Waals surface area (Å²) in [5.74, 6) is -0.738. The minimum Gasteiger partial charge on any atom is -0.497 e. The van der Waals surface area contributed by atoms with Gasteiger partial charge < -0.3 is 14.7 Å². The van der Waals surface area contributed by atoms with Crippen LogP contribution >= 0.6 is 0 Å². The Morgan fingerprint density at radius 1 is 1.27 bits per heavy atom. The first-order chi connectivity index (χ1) is 14.1. The molecule has 3 rings (SSSR count). The minimum absolute atomic E-state index is 0.0251. The van der Waals surface area contributed by atoms with Crippen LogP contribution in [0.1, 0.15) is 37.4 Å². The molecule has 1 aliphatic rings. The Hall–Kier alpha value is -2.91. The summed E-state index contributed by atoms with van der Waals surface area (Å²) < 4.78 is 33.7. The van der Waals surface area contributed by atoms with Crippen LogP contribution in [0.25, 0.3) is 0 Å². The number of rotatable bonds is 7. The largest absolute Gasteiger partial charge is 0.497 e. The van der Waals surface area contributed by atoms with Gasteiger partial charge in [0.05, 0.1) is 24.5 Å². The second-order valence-electron chi connectivity index (χ2n) is 7.28. The van der Waals surface area contributed by atoms with Gasteiger partial charge in [0.25, 0.3) is 0 Å². The Labute approximate surface area is 175 Å². The number of benzene rings is 2. The fourth-order valence-electron chi connectivity index (χ4n) is 3.77. The number of fused-ring (bicyclic) bond motifs is 1. The Morgan fingerprint density at radius 3 is 2.63 bits per heavy atom. The lowest BCUT2D eigenvalue weighted by Crippen LogP contribution is -2.33. The van der Waals surface area contributed by atoms with Gasteiger partial charge in [-0.2, -0.15) is 0 Å². The number of methoxy groups -OCH3 is 1. The highest BCUT2D eigenvalue weighted by molar-refractivity contribution is 7.89. The molecule has 0 unspecified atom stereocenters. The first-order valence-electron chi connectivity index (χ1n) is 9.43. The van der Waals surface area contributed by atoms with Gasteiger partial charge in [0.1, 0.15) is 5.75 Å². The average Bonchev–Trinajstić information content (AvgIpc) is 3.02. The van der Waals surface area contributed by atoms with Gasteiger partial charge >= 0.3 is 5.97 Å². The van der Waals surface area contributed by atoms with Crippen molar-refractivity contribution in [3.05, 3.63) is 53.6 Å². The van der Waals surface area contributed by atoms with Gasteiger partial charge in [-0.05, 0) is 54.8 Å². The standard InChI is InChI=1S/C21H24N2O6S/c1-13-9-16-11-18(7-8-20(16)23(13)14(2)24)30(27,28)22-19(12-21(25)26)15-5-4-6-17(10-15)29-3/h4-8,10-11,13,19,22H,9,12H2,1-3H3,(H,25,26)/t13-,19+/m0/s1. The zero-order chi connectivity index (χ0) is 22.1. The Kier molecular flexibility index (Phi) is 6.14. The second-order valence-corrected chi connectivity index (χ2v) is 9.00. The molecule has 0 bridgehead atoms. The summed E-state index contributed by atoms with van der Waals surface area (Å²) in [7, 11) is -2.53. The van der Waals surface area contributed by atoms with Gasteiger partial charge in [-0.15, -0.1) is 0 Å². The number of carbonyl (C=O) groups is 2. The number of ether oxygens (including phenoxy) is 1. The van der Waals surface area contributed by atoms with Crippen LogP contribution in [0.5, 0.6) is 5.75 Å². The summed E-state index contributed by atoms with van der Waals surface area (Å²) in [6, 6.07) is 10.2. The molecule has 1 heterocycles. The van der Waals surface area contributed by atoms with Crippen molar-refractivity contribution in [3.63, 3.8) is 0 Å². The predicted molar refractivity (Wildman–Crippen MR) is 111 cm³/mol. The van der Waals surface area contributed by atoms with E-state index in [9.17, 15) is 23.1 Å². The normalized spacial score (nSPS) is 16.8. The molecule has 160 valence electrons. The number of sulfonamides is 1. The zero-order valence-electron chi connectivity index (χ0n) is 17.0. The number of hydrogen-bond donors (Lipinski definition) is 2. The number of aliphatic carboxylic acids is 1. The summed E-state index contributed by atoms with van der Waals surface area (Å²) in [5.41, 5.74) is 1.94. The van der Waals surface area contributed by atoms with Crippen molar-refractivity contribution < 1.29 is 27.9 Å². The van der Waals surface area contributed by atoms with Crippen molar-refractivity contribution in [1.29, 1.82) is 0 Å². The molecule has 1 amide bonds. The van der Waals surface area contributed by atoms with E-state index in [2.05, 4.69) is 4.72 Å². The molecule has 0 saturated carbocycles. The van der Waals surface area contributed by atoms with Gasteiger partial charge in [-0.3, -0.25) is 9.59 Å². The molecular weight excluding hydrogens is 408 g/mol. The van der Waals surface area contributed by atoms with Crippen molar-refractivity contribution in [3.8, 4) is 5.75 Å². The third-order valence-corrected chi connectivity index (χ3v) is 6.56. The van der Waals surface area contributed by atoms with Gasteiger partial charge in [-0.1, -0.05) is 12.1 Å². The molecule has 8 nitrogen and oxygen atoms in total. The van der Waals surface area contributed by atoms with Crippen LogP contribution in [0.15, 0.2) is 47.4 Å². The van der Waals surface area contributed by atoms with Crippen molar-refractivity contribution in [1.82, 2.24) is 4.72 Å². The topological polar surface area (TPSA) is 113 Å². The molecule has 0 aliphatic carbocycles. The lowest BCUT2D eigenvalue weighted by molar-refractivity contribution is -0.137. The molecule has 2 N–H and O–H groups in total. The molecule has 0 fully saturated rings. The van der Waals surface area contributed by atoms with Crippen molar-refractivity contribution in [2.45, 2.75) is 43.7 Å². The maximum Gasteiger partial charge on any atom is 0.305 e. The maximum atomic E-state index is 13.0. The Balaban J connectivity index is 1.93. The number of nitrogens with zero attached hydrogens (tertiary/aromatic N) is 1. The van der Waals surface area contributed by atoms with E-state index in [0.717, 1.165) is 5.56 Å². The lowest BCUT2D eigenvalue weighted by Gasteiger charge is -2.21. The summed E-state index contributed by atoms with van der Waals surface area (Å²) in [6.07, 6.45) is 0.124. The molecule has 0 spiro atoms. The van der Waals surface area contributed by atoms with Crippen LogP contribution in [-0.2, 0) is 26.0 Å². The van der Waals surface area contributed by atoms with Crippen LogP contribution in [0.2, 0.25) is 0 Å². The van der Waals surface area contributed by atoms with Crippen LogP contribution in [-0.4, -0.2) is 38.6 Å². The molecule has 0 radical (unpaired) electrons. The van der Waals surface area contributed by atoms with E-state index >= 15 is 0 Å². The molecule has 2 aromatic carbocycles. The number of carbonyl (C=O) groups excluding carboxylic acids is 1. The van der Waals surface area contributed by atoms with Gasteiger partial charge in [0.15, 0.2) is 0 Å². The fourth-order valence-corrected chi connectivity index (χ4v) is 5.04. The third kappa shape index (κ3) is 4.47. The monoisotopic (exact) mass is 432 g/mol. The molecule has 9 heteroatoms. The molecule has 0 saturated heterocycles. The van der Waals surface area contributed by atoms with E-state index in [1.54, 1.807) is 41.3 Å². The number of anilines is 1. The van der Waals surface area contributed by atoms with E-state index < -0.39 is 28.5 Å². The molecule has 0 aromatic heterocycles. The minimum atomic E-state index is -4.01. The molecule has 2 aromatic rings. The van der Waals surface area contributed by atoms with E-state index in [1.165, 1.54) is 20.1 Å². The molecule has 2 atom stereocenters. The number of hydrogen-bond acceptors (Lipinski definition) is 5. The van der Waals surface area contributed by atoms with Crippen LogP contribution in [0, 0.1) is 0 Å². The van der Waals surface area contributed by atoms with Gasteiger partial charge in [-0.25, -0.2) is 13.1 Å². The smallest absolute Gasteiger partial charge is 0.305 e. The summed E-state index contributed by atoms with van der Waals surface area (Å²) in [4.78, 5) is 24.9. The number of nitrogens with one attached hydrogen (secondary N) is 1. The number of carboxylic acid groups (broad SMARTS) is 1. The molecule has 1 aliphatic heterocycles. The SMILES string of the molecule is COc1cccc([C@@H](CC(=O)O)NS(=O)(=O)c2ccc3c(c2)C[C@H](C)N3C(C)=O)c1. The van der Waals surface area contributed by atoms with Crippen LogP contribution in [0.3, 0.4) is 0 Å². The molecular formula is C21H24N2O6S. The van der Waals surface area contributed by atoms with E-state index in [1.807, 2.05) is 6.92 Å². The highest BCUT2D eigenvalue weighted by Gasteiger charge is 2.31. The van der Waals surface area contributed by atoms with Crippen molar-refractivity contribution in [2.75, 3.05) is 12.0 Å². The third-order valence-electron chi connectivity index (χ3n) is 5.09. The summed E-state index contributed by atoms with van der Waals surface area (Å²) in [6.45, 7) is 3.38. The van der Waals surface area contributed by atoms with Gasteiger partial charge in [0, 0.05) is 18.7 Å². The quantitative estimate of drug-likeness (QED) is 0.695. The summed E-state index contributed by atoms with van der Waals surface area (Å²) >= 11 is 0. The predicted octanol–water partition coefficient (Wildman–Crippen LogP) is 2.49. The fraction of sp³-hybridized carbons (Fsp3) is 0.333. The summed E-state index contributed by atoms with van der Waals surface area (Å²) in [5, 5.41) is 9.27. The Morgan fingerprint density at radius 2 is 2.00 bits per heavy atom. The first-order valence-corrected chi connectivity index (χ1v) is 10.9. The number of carboxylic acids is 1. The van der Waals surface area contributed by atoms with Crippen molar-refractivity contribution in [2.24, 2.45) is 0 Å².